The highest BCUT2D eigenvalue weighted by atomic mass is 19.3. The number of alkyl halides is 5. The Balaban J connectivity index is 2.97. The molecule has 0 N–H and O–H groups in total. The lowest BCUT2D eigenvalue weighted by molar-refractivity contribution is -0.300. The number of rotatable bonds is 2. The van der Waals surface area contributed by atoms with Crippen molar-refractivity contribution < 1.29 is 31.4 Å². The molecule has 1 saturated heterocycles. The lowest BCUT2D eigenvalue weighted by Gasteiger charge is -2.23. The van der Waals surface area contributed by atoms with Crippen LogP contribution >= 0.6 is 0 Å². The Labute approximate surface area is 77.0 Å². The van der Waals surface area contributed by atoms with Crippen LogP contribution in [0.4, 0.5) is 22.0 Å². The van der Waals surface area contributed by atoms with E-state index in [9.17, 15) is 22.0 Å². The lowest BCUT2D eigenvalue weighted by atomic mass is 10.2. The van der Waals surface area contributed by atoms with E-state index in [-0.39, 0.29) is 0 Å². The summed E-state index contributed by atoms with van der Waals surface area (Å²) in [5, 5.41) is 0. The van der Waals surface area contributed by atoms with Gasteiger partial charge >= 0.3 is 12.0 Å². The van der Waals surface area contributed by atoms with Crippen LogP contribution in [0.15, 0.2) is 0 Å². The third-order valence-corrected chi connectivity index (χ3v) is 2.02. The summed E-state index contributed by atoms with van der Waals surface area (Å²) in [7, 11) is 0. The fourth-order valence-corrected chi connectivity index (χ4v) is 1.000. The Morgan fingerprint density at radius 2 is 1.71 bits per heavy atom. The molecule has 0 bridgehead atoms. The van der Waals surface area contributed by atoms with E-state index in [2.05, 4.69) is 9.47 Å². The van der Waals surface area contributed by atoms with Crippen LogP contribution in [0.5, 0.6) is 0 Å². The maximum Gasteiger partial charge on any atom is 0.419 e. The van der Waals surface area contributed by atoms with Gasteiger partial charge in [-0.05, 0) is 13.8 Å². The van der Waals surface area contributed by atoms with Crippen molar-refractivity contribution in [2.45, 2.75) is 37.8 Å². The summed E-state index contributed by atoms with van der Waals surface area (Å²) < 4.78 is 71.0. The van der Waals surface area contributed by atoms with E-state index in [1.807, 2.05) is 0 Å². The molecule has 1 heterocycles. The Kier molecular flexibility index (Phi) is 2.52. The zero-order valence-electron chi connectivity index (χ0n) is 7.49. The Morgan fingerprint density at radius 3 is 1.93 bits per heavy atom. The van der Waals surface area contributed by atoms with Gasteiger partial charge in [-0.1, -0.05) is 0 Å². The molecule has 0 aromatic rings. The molecular weight excluding hydrogens is 211 g/mol. The zero-order valence-corrected chi connectivity index (χ0v) is 7.49. The van der Waals surface area contributed by atoms with Crippen LogP contribution < -0.4 is 0 Å². The zero-order chi connectivity index (χ0) is 11.2. The second-order valence-corrected chi connectivity index (χ2v) is 3.21. The summed E-state index contributed by atoms with van der Waals surface area (Å²) in [6, 6.07) is 0. The molecule has 0 aromatic heterocycles. The van der Waals surface area contributed by atoms with E-state index in [0.29, 0.717) is 0 Å². The number of hydrogen-bond acceptors (Lipinski definition) is 2. The molecule has 1 fully saturated rings. The second kappa shape index (κ2) is 3.03. The summed E-state index contributed by atoms with van der Waals surface area (Å²) in [6.07, 6.45) is -6.51. The molecule has 0 saturated carbocycles. The first-order valence-electron chi connectivity index (χ1n) is 3.84. The van der Waals surface area contributed by atoms with E-state index in [1.165, 1.54) is 0 Å². The van der Waals surface area contributed by atoms with Crippen LogP contribution in [0.25, 0.3) is 0 Å². The normalized spacial score (nSPS) is 43.9. The van der Waals surface area contributed by atoms with Crippen LogP contribution in [-0.4, -0.2) is 30.6 Å². The largest absolute Gasteiger partial charge is 0.419 e. The molecule has 0 radical (unpaired) electrons. The molecule has 0 spiro atoms. The second-order valence-electron chi connectivity index (χ2n) is 3.21. The van der Waals surface area contributed by atoms with Gasteiger partial charge in [-0.15, -0.1) is 0 Å². The minimum Gasteiger partial charge on any atom is -0.301 e. The number of halogens is 5. The smallest absolute Gasteiger partial charge is 0.301 e. The molecule has 14 heavy (non-hydrogen) atoms. The van der Waals surface area contributed by atoms with Gasteiger partial charge in [-0.3, -0.25) is 4.74 Å². The first-order valence-corrected chi connectivity index (χ1v) is 3.84. The van der Waals surface area contributed by atoms with Crippen molar-refractivity contribution in [3.05, 3.63) is 0 Å². The number of ether oxygens (including phenoxy) is 2. The maximum atomic E-state index is 13.0. The minimum absolute atomic E-state index is 0.780. The molecule has 0 aromatic carbocycles. The summed E-state index contributed by atoms with van der Waals surface area (Å²) in [5.74, 6) is -6.38. The highest BCUT2D eigenvalue weighted by Gasteiger charge is 2.71. The van der Waals surface area contributed by atoms with Crippen molar-refractivity contribution >= 4 is 0 Å². The average molecular weight is 220 g/mol. The molecule has 0 aliphatic carbocycles. The molecule has 2 nitrogen and oxygen atoms in total. The quantitative estimate of drug-likeness (QED) is 0.665. The third-order valence-electron chi connectivity index (χ3n) is 2.02. The Hall–Kier alpha value is -0.430. The van der Waals surface area contributed by atoms with Crippen molar-refractivity contribution in [3.63, 3.8) is 0 Å². The number of hydrogen-bond donors (Lipinski definition) is 0. The van der Waals surface area contributed by atoms with Crippen molar-refractivity contribution in [1.29, 1.82) is 0 Å². The highest BCUT2D eigenvalue weighted by molar-refractivity contribution is 4.91. The monoisotopic (exact) mass is 220 g/mol. The molecule has 1 aliphatic heterocycles. The Bertz CT molecular complexity index is 234. The van der Waals surface area contributed by atoms with Crippen LogP contribution in [-0.2, 0) is 9.47 Å². The predicted molar refractivity (Wildman–Crippen MR) is 35.9 cm³/mol. The molecule has 3 atom stereocenters. The van der Waals surface area contributed by atoms with Crippen LogP contribution in [0.1, 0.15) is 13.8 Å². The van der Waals surface area contributed by atoms with Gasteiger partial charge in [0.25, 0.3) is 0 Å². The topological polar surface area (TPSA) is 18.5 Å². The molecule has 1 aliphatic rings. The molecule has 1 rings (SSSR count). The van der Waals surface area contributed by atoms with Gasteiger partial charge in [0.15, 0.2) is 12.8 Å². The highest BCUT2D eigenvalue weighted by Crippen LogP contribution is 2.49. The predicted octanol–water partition coefficient (Wildman–Crippen LogP) is 2.34. The van der Waals surface area contributed by atoms with E-state index >= 15 is 0 Å². The molecule has 3 unspecified atom stereocenters. The van der Waals surface area contributed by atoms with Crippen molar-refractivity contribution in [1.82, 2.24) is 0 Å². The van der Waals surface area contributed by atoms with E-state index in [0.717, 1.165) is 13.8 Å². The van der Waals surface area contributed by atoms with Crippen molar-refractivity contribution in [2.24, 2.45) is 0 Å². The summed E-state index contributed by atoms with van der Waals surface area (Å²) in [6.45, 7) is -0.481. The third kappa shape index (κ3) is 1.48. The fourth-order valence-electron chi connectivity index (χ4n) is 1.000. The summed E-state index contributed by atoms with van der Waals surface area (Å²) in [4.78, 5) is 0. The summed E-state index contributed by atoms with van der Waals surface area (Å²) >= 11 is 0. The van der Waals surface area contributed by atoms with Crippen LogP contribution in [0.3, 0.4) is 0 Å². The minimum atomic E-state index is -4.49. The molecule has 7 heteroatoms. The van der Waals surface area contributed by atoms with Gasteiger partial charge in [-0.25, -0.2) is 8.78 Å². The van der Waals surface area contributed by atoms with Crippen molar-refractivity contribution in [3.8, 4) is 0 Å². The molecule has 0 amide bonds. The molecular formula is C7H9F5O2. The van der Waals surface area contributed by atoms with E-state index in [4.69, 9.17) is 0 Å². The SMILES string of the molecule is CC(F)C1(C)OC(F)(F)C(F)(CF)O1. The van der Waals surface area contributed by atoms with Gasteiger partial charge in [0.05, 0.1) is 0 Å². The van der Waals surface area contributed by atoms with Gasteiger partial charge < -0.3 is 4.74 Å². The fraction of sp³-hybridized carbons (Fsp3) is 1.00. The standard InChI is InChI=1S/C7H9F5O2/c1-4(9)5(2)13-6(10,3-8)7(11,12)14-5/h4H,3H2,1-2H3. The van der Waals surface area contributed by atoms with Crippen LogP contribution in [0.2, 0.25) is 0 Å². The van der Waals surface area contributed by atoms with Gasteiger partial charge in [0.2, 0.25) is 5.79 Å². The molecule has 84 valence electrons. The summed E-state index contributed by atoms with van der Waals surface area (Å²) in [5.41, 5.74) is 0. The van der Waals surface area contributed by atoms with Gasteiger partial charge in [-0.2, -0.15) is 13.2 Å². The van der Waals surface area contributed by atoms with Gasteiger partial charge in [0.1, 0.15) is 0 Å². The van der Waals surface area contributed by atoms with Gasteiger partial charge in [0, 0.05) is 0 Å². The van der Waals surface area contributed by atoms with Crippen LogP contribution in [0, 0.1) is 0 Å². The van der Waals surface area contributed by atoms with E-state index < -0.39 is 30.6 Å². The maximum absolute atomic E-state index is 13.0. The lowest BCUT2D eigenvalue weighted by Crippen LogP contribution is -2.43. The average Bonchev–Trinajstić information content (AvgIpc) is 2.20. The first-order chi connectivity index (χ1) is 6.17. The first kappa shape index (κ1) is 11.6. The Morgan fingerprint density at radius 1 is 1.21 bits per heavy atom. The van der Waals surface area contributed by atoms with Crippen molar-refractivity contribution in [2.75, 3.05) is 6.67 Å². The van der Waals surface area contributed by atoms with E-state index in [1.54, 1.807) is 0 Å².